The molecule has 0 spiro atoms. The Hall–Kier alpha value is -1.89. The van der Waals surface area contributed by atoms with Crippen LogP contribution in [0.25, 0.3) is 10.9 Å². The van der Waals surface area contributed by atoms with E-state index in [4.69, 9.17) is 5.26 Å². The second-order valence-corrected chi connectivity index (χ2v) is 5.16. The van der Waals surface area contributed by atoms with Crippen molar-refractivity contribution in [3.05, 3.63) is 40.7 Å². The van der Waals surface area contributed by atoms with Crippen molar-refractivity contribution in [2.24, 2.45) is 0 Å². The molecule has 0 saturated carbocycles. The van der Waals surface area contributed by atoms with Crippen molar-refractivity contribution in [2.45, 2.75) is 6.92 Å². The molecule has 1 aromatic heterocycles. The van der Waals surface area contributed by atoms with Gasteiger partial charge in [0.05, 0.1) is 0 Å². The van der Waals surface area contributed by atoms with Crippen LogP contribution >= 0.6 is 0 Å². The number of para-hydroxylation sites is 1. The molecular weight excluding hydrogens is 283 g/mol. The van der Waals surface area contributed by atoms with Gasteiger partial charge in [0.2, 0.25) is 0 Å². The number of carbonyl (C=O) groups is 1. The van der Waals surface area contributed by atoms with Crippen molar-refractivity contribution >= 4 is 36.2 Å². The molecule has 0 aliphatic rings. The van der Waals surface area contributed by atoms with Crippen LogP contribution in [-0.4, -0.2) is 25.4 Å². The predicted octanol–water partition coefficient (Wildman–Crippen LogP) is 0.472. The first-order valence-electron chi connectivity index (χ1n) is 4.86. The Morgan fingerprint density at radius 1 is 1.41 bits per heavy atom. The van der Waals surface area contributed by atoms with E-state index < -0.39 is 15.0 Å². The third-order valence-corrected chi connectivity index (χ3v) is 3.64. The van der Waals surface area contributed by atoms with Crippen LogP contribution < -0.4 is 9.89 Å². The van der Waals surface area contributed by atoms with E-state index >= 15 is 0 Å². The number of nitriles is 1. The minimum atomic E-state index is -0.557. The zero-order valence-corrected chi connectivity index (χ0v) is 10.7. The summed E-state index contributed by atoms with van der Waals surface area (Å²) in [7, 11) is 0. The zero-order chi connectivity index (χ0) is 12.4. The standard InChI is InChI=1S/C12H8N2O2Se/c1-8(15)14-6-11(17-7-13)12(16)9-4-2-3-5-10(9)14/h2-6H,1H3. The van der Waals surface area contributed by atoms with Gasteiger partial charge in [-0.05, 0) is 0 Å². The first-order valence-corrected chi connectivity index (χ1v) is 6.57. The van der Waals surface area contributed by atoms with Crippen LogP contribution in [0, 0.1) is 10.2 Å². The molecule has 0 aliphatic heterocycles. The number of aromatic nitrogens is 1. The average Bonchev–Trinajstić information content (AvgIpc) is 2.32. The summed E-state index contributed by atoms with van der Waals surface area (Å²) in [6.45, 7) is 1.43. The summed E-state index contributed by atoms with van der Waals surface area (Å²) in [5.41, 5.74) is 0.433. The van der Waals surface area contributed by atoms with Gasteiger partial charge in [-0.1, -0.05) is 0 Å². The van der Waals surface area contributed by atoms with Gasteiger partial charge in [0.1, 0.15) is 0 Å². The molecule has 84 valence electrons. The number of hydrogen-bond acceptors (Lipinski definition) is 3. The van der Waals surface area contributed by atoms with Crippen molar-refractivity contribution in [1.82, 2.24) is 4.57 Å². The van der Waals surface area contributed by atoms with Gasteiger partial charge in [-0.25, -0.2) is 0 Å². The fourth-order valence-corrected chi connectivity index (χ4v) is 2.60. The molecular formula is C12H8N2O2Se. The molecule has 0 bridgehead atoms. The predicted molar refractivity (Wildman–Crippen MR) is 65.5 cm³/mol. The molecule has 0 N–H and O–H groups in total. The quantitative estimate of drug-likeness (QED) is 0.718. The van der Waals surface area contributed by atoms with Gasteiger partial charge < -0.3 is 0 Å². The van der Waals surface area contributed by atoms with Gasteiger partial charge >= 0.3 is 103 Å². The summed E-state index contributed by atoms with van der Waals surface area (Å²) in [5.74, 6) is -0.170. The molecule has 0 unspecified atom stereocenters. The van der Waals surface area contributed by atoms with E-state index in [1.807, 2.05) is 4.97 Å². The maximum atomic E-state index is 12.0. The Kier molecular flexibility index (Phi) is 3.10. The van der Waals surface area contributed by atoms with Crippen LogP contribution in [0.1, 0.15) is 11.7 Å². The summed E-state index contributed by atoms with van der Waals surface area (Å²) in [6.07, 6.45) is 1.48. The van der Waals surface area contributed by atoms with Crippen LogP contribution in [0.4, 0.5) is 0 Å². The molecule has 2 aromatic rings. The number of pyridine rings is 1. The monoisotopic (exact) mass is 292 g/mol. The van der Waals surface area contributed by atoms with E-state index in [1.165, 1.54) is 17.7 Å². The fraction of sp³-hybridized carbons (Fsp3) is 0.0833. The second kappa shape index (κ2) is 4.54. The van der Waals surface area contributed by atoms with Crippen molar-refractivity contribution in [3.8, 4) is 4.97 Å². The number of benzene rings is 1. The normalized spacial score (nSPS) is 10.1. The molecule has 0 saturated heterocycles. The Bertz CT molecular complexity index is 698. The van der Waals surface area contributed by atoms with Crippen molar-refractivity contribution in [3.63, 3.8) is 0 Å². The molecule has 1 aromatic carbocycles. The van der Waals surface area contributed by atoms with Gasteiger partial charge in [-0.15, -0.1) is 0 Å². The number of carbonyl (C=O) groups excluding carboxylic acids is 1. The SMILES string of the molecule is CC(=O)n1cc([Se]C#N)c(=O)c2ccccc21. The molecule has 0 amide bonds. The summed E-state index contributed by atoms with van der Waals surface area (Å²) in [6, 6.07) is 6.92. The second-order valence-electron chi connectivity index (χ2n) is 3.42. The molecule has 0 radical (unpaired) electrons. The molecule has 0 atom stereocenters. The average molecular weight is 291 g/mol. The van der Waals surface area contributed by atoms with Crippen LogP contribution in [0.15, 0.2) is 35.3 Å². The summed E-state index contributed by atoms with van der Waals surface area (Å²) >= 11 is -0.557. The van der Waals surface area contributed by atoms with Gasteiger partial charge in [0, 0.05) is 0 Å². The third-order valence-electron chi connectivity index (χ3n) is 2.37. The van der Waals surface area contributed by atoms with Crippen LogP contribution in [0.5, 0.6) is 0 Å². The fourth-order valence-electron chi connectivity index (χ4n) is 1.64. The van der Waals surface area contributed by atoms with E-state index in [9.17, 15) is 9.59 Å². The minimum absolute atomic E-state index is 0.153. The Morgan fingerprint density at radius 2 is 2.12 bits per heavy atom. The molecule has 1 heterocycles. The van der Waals surface area contributed by atoms with Crippen molar-refractivity contribution in [2.75, 3.05) is 0 Å². The molecule has 4 nitrogen and oxygen atoms in total. The first kappa shape index (κ1) is 11.6. The molecule has 17 heavy (non-hydrogen) atoms. The van der Waals surface area contributed by atoms with Gasteiger partial charge in [-0.2, -0.15) is 0 Å². The molecule has 5 heteroatoms. The van der Waals surface area contributed by atoms with Crippen molar-refractivity contribution in [1.29, 1.82) is 5.26 Å². The Labute approximate surface area is 104 Å². The summed E-state index contributed by atoms with van der Waals surface area (Å²) in [5, 5.41) is 9.17. The van der Waals surface area contributed by atoms with E-state index in [0.717, 1.165) is 0 Å². The number of fused-ring (bicyclic) bond motifs is 1. The zero-order valence-electron chi connectivity index (χ0n) is 9.01. The van der Waals surface area contributed by atoms with Gasteiger partial charge in [-0.3, -0.25) is 0 Å². The van der Waals surface area contributed by atoms with Crippen LogP contribution in [-0.2, 0) is 0 Å². The number of rotatable bonds is 1. The molecule has 0 fully saturated rings. The van der Waals surface area contributed by atoms with Gasteiger partial charge in [0.25, 0.3) is 0 Å². The third kappa shape index (κ3) is 2.01. The van der Waals surface area contributed by atoms with E-state index in [1.54, 1.807) is 24.3 Å². The van der Waals surface area contributed by atoms with E-state index in [-0.39, 0.29) is 11.3 Å². The first-order chi connectivity index (χ1) is 8.15. The van der Waals surface area contributed by atoms with Crippen LogP contribution in [0.3, 0.4) is 0 Å². The van der Waals surface area contributed by atoms with E-state index in [0.29, 0.717) is 15.4 Å². The van der Waals surface area contributed by atoms with Crippen LogP contribution in [0.2, 0.25) is 0 Å². The molecule has 0 aliphatic carbocycles. The maximum absolute atomic E-state index is 12.0. The van der Waals surface area contributed by atoms with E-state index in [2.05, 4.69) is 0 Å². The van der Waals surface area contributed by atoms with Crippen molar-refractivity contribution < 1.29 is 4.79 Å². The Balaban J connectivity index is 2.91. The summed E-state index contributed by atoms with van der Waals surface area (Å²) in [4.78, 5) is 25.5. The molecule has 2 rings (SSSR count). The van der Waals surface area contributed by atoms with Gasteiger partial charge in [0.15, 0.2) is 0 Å². The summed E-state index contributed by atoms with van der Waals surface area (Å²) < 4.78 is 1.83. The number of nitrogens with zero attached hydrogens (tertiary/aromatic N) is 2. The Morgan fingerprint density at radius 3 is 2.76 bits per heavy atom. The number of hydrogen-bond donors (Lipinski definition) is 0. The topological polar surface area (TPSA) is 62.9 Å².